The average molecular weight is 437 g/mol. The molecule has 0 spiro atoms. The minimum absolute atomic E-state index is 0.0268. The Bertz CT molecular complexity index is 722. The van der Waals surface area contributed by atoms with Gasteiger partial charge in [0.2, 0.25) is 0 Å². The van der Waals surface area contributed by atoms with Crippen molar-refractivity contribution in [2.45, 2.75) is 92.6 Å². The first kappa shape index (κ1) is 25.4. The normalized spacial score (nSPS) is 28.4. The lowest BCUT2D eigenvalue weighted by Gasteiger charge is -2.56. The highest BCUT2D eigenvalue weighted by Crippen LogP contribution is 2.60. The predicted molar refractivity (Wildman–Crippen MR) is 118 cm³/mol. The van der Waals surface area contributed by atoms with Crippen molar-refractivity contribution in [3.05, 3.63) is 11.1 Å². The zero-order valence-corrected chi connectivity index (χ0v) is 20.3. The van der Waals surface area contributed by atoms with Gasteiger partial charge >= 0.3 is 17.9 Å². The van der Waals surface area contributed by atoms with E-state index in [0.717, 1.165) is 24.8 Å². The van der Waals surface area contributed by atoms with Gasteiger partial charge in [-0.1, -0.05) is 32.8 Å². The number of hydrogen-bond acceptors (Lipinski definition) is 6. The van der Waals surface area contributed by atoms with Crippen molar-refractivity contribution in [3.63, 3.8) is 0 Å². The largest absolute Gasteiger partial charge is 0.469 e. The Hall–Kier alpha value is -1.85. The molecule has 6 heteroatoms. The van der Waals surface area contributed by atoms with Crippen molar-refractivity contribution in [3.8, 4) is 0 Å². The average Bonchev–Trinajstić information content (AvgIpc) is 2.66. The molecule has 1 saturated carbocycles. The van der Waals surface area contributed by atoms with Crippen molar-refractivity contribution in [1.29, 1.82) is 0 Å². The van der Waals surface area contributed by atoms with Gasteiger partial charge in [0.1, 0.15) is 6.10 Å². The SMILES string of the molecule is COC(=O)[C@H](CCOC(C)=O)CCC1=C(C)[C@H](OC(C)=O)C[C@H]2C(C)(C)CCC[C@]12C. The van der Waals surface area contributed by atoms with E-state index in [1.807, 2.05) is 0 Å². The second-order valence-corrected chi connectivity index (χ2v) is 10.2. The molecule has 0 aliphatic heterocycles. The van der Waals surface area contributed by atoms with E-state index in [2.05, 4.69) is 27.7 Å². The second-order valence-electron chi connectivity index (χ2n) is 10.2. The molecule has 0 N–H and O–H groups in total. The van der Waals surface area contributed by atoms with Gasteiger partial charge < -0.3 is 14.2 Å². The molecule has 6 nitrogen and oxygen atoms in total. The minimum Gasteiger partial charge on any atom is -0.469 e. The maximum atomic E-state index is 12.4. The van der Waals surface area contributed by atoms with E-state index in [0.29, 0.717) is 18.8 Å². The molecule has 0 aromatic carbocycles. The molecule has 0 bridgehead atoms. The number of fused-ring (bicyclic) bond motifs is 1. The molecule has 1 fully saturated rings. The summed E-state index contributed by atoms with van der Waals surface area (Å²) in [5, 5.41) is 0. The highest BCUT2D eigenvalue weighted by molar-refractivity contribution is 5.72. The summed E-state index contributed by atoms with van der Waals surface area (Å²) in [4.78, 5) is 35.3. The zero-order valence-electron chi connectivity index (χ0n) is 20.3. The van der Waals surface area contributed by atoms with Gasteiger partial charge in [0.25, 0.3) is 0 Å². The number of allylic oxidation sites excluding steroid dienone is 1. The third kappa shape index (κ3) is 5.89. The molecule has 0 aromatic rings. The minimum atomic E-state index is -0.349. The first-order valence-electron chi connectivity index (χ1n) is 11.5. The predicted octanol–water partition coefficient (Wildman–Crippen LogP) is 4.99. The van der Waals surface area contributed by atoms with Gasteiger partial charge in [0, 0.05) is 13.8 Å². The molecular formula is C25H40O6. The lowest BCUT2D eigenvalue weighted by atomic mass is 9.49. The van der Waals surface area contributed by atoms with E-state index in [1.165, 1.54) is 39.4 Å². The monoisotopic (exact) mass is 436 g/mol. The fourth-order valence-electron chi connectivity index (χ4n) is 6.13. The maximum absolute atomic E-state index is 12.4. The Morgan fingerprint density at radius 3 is 2.32 bits per heavy atom. The highest BCUT2D eigenvalue weighted by atomic mass is 16.5. The number of carbonyl (C=O) groups excluding carboxylic acids is 3. The summed E-state index contributed by atoms with van der Waals surface area (Å²) in [7, 11) is 1.39. The summed E-state index contributed by atoms with van der Waals surface area (Å²) < 4.78 is 15.8. The van der Waals surface area contributed by atoms with E-state index in [-0.39, 0.29) is 47.4 Å². The van der Waals surface area contributed by atoms with Gasteiger partial charge in [-0.25, -0.2) is 0 Å². The maximum Gasteiger partial charge on any atom is 0.308 e. The van der Waals surface area contributed by atoms with Crippen LogP contribution in [-0.4, -0.2) is 37.7 Å². The zero-order chi connectivity index (χ0) is 23.4. The van der Waals surface area contributed by atoms with Crippen LogP contribution < -0.4 is 0 Å². The molecule has 0 aromatic heterocycles. The second kappa shape index (κ2) is 10.2. The van der Waals surface area contributed by atoms with Crippen LogP contribution in [-0.2, 0) is 28.6 Å². The molecule has 31 heavy (non-hydrogen) atoms. The van der Waals surface area contributed by atoms with Crippen molar-refractivity contribution in [2.24, 2.45) is 22.7 Å². The smallest absolute Gasteiger partial charge is 0.308 e. The lowest BCUT2D eigenvalue weighted by Crippen LogP contribution is -2.49. The van der Waals surface area contributed by atoms with Crippen LogP contribution in [0.3, 0.4) is 0 Å². The Morgan fingerprint density at radius 2 is 1.74 bits per heavy atom. The standard InChI is InChI=1S/C25H40O6/c1-16-20(10-9-19(23(28)29-7)11-14-30-17(2)26)25(6)13-8-12-24(4,5)22(25)15-21(16)31-18(3)27/h19,21-22H,8-15H2,1-7H3/t19-,21+,22-,25+/m0/s1. The summed E-state index contributed by atoms with van der Waals surface area (Å²) in [5.41, 5.74) is 2.65. The summed E-state index contributed by atoms with van der Waals surface area (Å²) in [6, 6.07) is 0. The van der Waals surface area contributed by atoms with E-state index in [4.69, 9.17) is 14.2 Å². The number of hydrogen-bond donors (Lipinski definition) is 0. The summed E-state index contributed by atoms with van der Waals surface area (Å²) >= 11 is 0. The highest BCUT2D eigenvalue weighted by Gasteiger charge is 2.52. The molecule has 2 aliphatic carbocycles. The number of rotatable bonds is 8. The molecule has 0 saturated heterocycles. The van der Waals surface area contributed by atoms with Crippen LogP contribution in [0, 0.1) is 22.7 Å². The molecule has 0 unspecified atom stereocenters. The fourth-order valence-corrected chi connectivity index (χ4v) is 6.13. The Labute approximate surface area is 187 Å². The van der Waals surface area contributed by atoms with Crippen molar-refractivity contribution in [1.82, 2.24) is 0 Å². The van der Waals surface area contributed by atoms with Crippen LogP contribution in [0.2, 0.25) is 0 Å². The van der Waals surface area contributed by atoms with Crippen LogP contribution in [0.25, 0.3) is 0 Å². The van der Waals surface area contributed by atoms with Gasteiger partial charge in [0.05, 0.1) is 19.6 Å². The van der Waals surface area contributed by atoms with Gasteiger partial charge in [-0.3, -0.25) is 14.4 Å². The van der Waals surface area contributed by atoms with Crippen molar-refractivity contribution in [2.75, 3.05) is 13.7 Å². The van der Waals surface area contributed by atoms with Gasteiger partial charge in [-0.2, -0.15) is 0 Å². The summed E-state index contributed by atoms with van der Waals surface area (Å²) in [6.07, 6.45) is 5.89. The van der Waals surface area contributed by atoms with E-state index < -0.39 is 0 Å². The van der Waals surface area contributed by atoms with Crippen LogP contribution in [0.4, 0.5) is 0 Å². The summed E-state index contributed by atoms with van der Waals surface area (Å²) in [5.74, 6) is -0.802. The van der Waals surface area contributed by atoms with Crippen LogP contribution in [0.1, 0.15) is 86.5 Å². The molecule has 2 aliphatic rings. The summed E-state index contributed by atoms with van der Waals surface area (Å²) in [6.45, 7) is 12.1. The quantitative estimate of drug-likeness (QED) is 0.303. The third-order valence-electron chi connectivity index (χ3n) is 7.68. The van der Waals surface area contributed by atoms with Crippen molar-refractivity contribution < 1.29 is 28.6 Å². The number of esters is 3. The fraction of sp³-hybridized carbons (Fsp3) is 0.800. The topological polar surface area (TPSA) is 78.9 Å². The molecule has 0 heterocycles. The molecule has 0 amide bonds. The van der Waals surface area contributed by atoms with Crippen molar-refractivity contribution >= 4 is 17.9 Å². The number of carbonyl (C=O) groups is 3. The van der Waals surface area contributed by atoms with E-state index >= 15 is 0 Å². The Balaban J connectivity index is 2.30. The van der Waals surface area contributed by atoms with E-state index in [9.17, 15) is 14.4 Å². The lowest BCUT2D eigenvalue weighted by molar-refractivity contribution is -0.149. The first-order chi connectivity index (χ1) is 14.4. The first-order valence-corrected chi connectivity index (χ1v) is 11.5. The molecule has 176 valence electrons. The third-order valence-corrected chi connectivity index (χ3v) is 7.68. The van der Waals surface area contributed by atoms with Crippen LogP contribution >= 0.6 is 0 Å². The van der Waals surface area contributed by atoms with Gasteiger partial charge in [0.15, 0.2) is 0 Å². The van der Waals surface area contributed by atoms with Gasteiger partial charge in [-0.15, -0.1) is 0 Å². The molecule has 4 atom stereocenters. The number of methoxy groups -OCH3 is 1. The molecule has 0 radical (unpaired) electrons. The molecular weight excluding hydrogens is 396 g/mol. The van der Waals surface area contributed by atoms with E-state index in [1.54, 1.807) is 0 Å². The Kier molecular flexibility index (Phi) is 8.34. The Morgan fingerprint density at radius 1 is 1.06 bits per heavy atom. The van der Waals surface area contributed by atoms with Gasteiger partial charge in [-0.05, 0) is 67.8 Å². The van der Waals surface area contributed by atoms with Crippen LogP contribution in [0.5, 0.6) is 0 Å². The van der Waals surface area contributed by atoms with Crippen LogP contribution in [0.15, 0.2) is 11.1 Å². The molecule has 2 rings (SSSR count). The number of ether oxygens (including phenoxy) is 3.